The first kappa shape index (κ1) is 21.5. The molecule has 164 valence electrons. The second-order valence-corrected chi connectivity index (χ2v) is 10.2. The van der Waals surface area contributed by atoms with Gasteiger partial charge in [-0.2, -0.15) is 12.7 Å². The van der Waals surface area contributed by atoms with Crippen LogP contribution in [0.3, 0.4) is 0 Å². The number of aryl methyl sites for hydroxylation is 1. The smallest absolute Gasteiger partial charge is 0.301 e. The summed E-state index contributed by atoms with van der Waals surface area (Å²) in [5.74, 6) is 0. The molecule has 31 heavy (non-hydrogen) atoms. The molecule has 2 heterocycles. The summed E-state index contributed by atoms with van der Waals surface area (Å²) in [6.45, 7) is 4.63. The van der Waals surface area contributed by atoms with E-state index in [2.05, 4.69) is 44.2 Å². The van der Waals surface area contributed by atoms with Gasteiger partial charge in [-0.05, 0) is 42.7 Å². The number of fused-ring (bicyclic) bond motifs is 1. The molecule has 1 saturated heterocycles. The largest absolute Gasteiger partial charge is 0.380 e. The van der Waals surface area contributed by atoms with E-state index < -0.39 is 10.2 Å². The van der Waals surface area contributed by atoms with E-state index in [1.54, 1.807) is 0 Å². The Labute approximate surface area is 184 Å². The van der Waals surface area contributed by atoms with Crippen molar-refractivity contribution in [1.29, 1.82) is 0 Å². The molecule has 0 bridgehead atoms. The van der Waals surface area contributed by atoms with Gasteiger partial charge in [-0.1, -0.05) is 24.3 Å². The van der Waals surface area contributed by atoms with Crippen molar-refractivity contribution in [3.63, 3.8) is 0 Å². The third-order valence-electron chi connectivity index (χ3n) is 5.74. The number of hydrogen-bond acceptors (Lipinski definition) is 5. The highest BCUT2D eigenvalue weighted by Crippen LogP contribution is 2.26. The summed E-state index contributed by atoms with van der Waals surface area (Å²) in [6, 6.07) is 14.7. The van der Waals surface area contributed by atoms with Gasteiger partial charge >= 0.3 is 10.2 Å². The van der Waals surface area contributed by atoms with Gasteiger partial charge in [0.25, 0.3) is 0 Å². The number of nitrogens with zero attached hydrogens (tertiary/aromatic N) is 3. The van der Waals surface area contributed by atoms with E-state index in [4.69, 9.17) is 0 Å². The van der Waals surface area contributed by atoms with Gasteiger partial charge in [0, 0.05) is 68.6 Å². The average molecular weight is 440 g/mol. The third-order valence-corrected chi connectivity index (χ3v) is 7.18. The Bertz CT molecular complexity index is 1170. The Hall–Kier alpha value is -2.68. The van der Waals surface area contributed by atoms with Crippen molar-refractivity contribution in [1.82, 2.24) is 14.2 Å². The Morgan fingerprint density at radius 2 is 2.00 bits per heavy atom. The van der Waals surface area contributed by atoms with Crippen LogP contribution in [0, 0.1) is 6.92 Å². The average Bonchev–Trinajstić information content (AvgIpc) is 3.17. The first-order valence-corrected chi connectivity index (χ1v) is 11.9. The zero-order valence-corrected chi connectivity index (χ0v) is 19.0. The van der Waals surface area contributed by atoms with E-state index in [1.807, 2.05) is 37.5 Å². The fourth-order valence-corrected chi connectivity index (χ4v) is 4.61. The maximum atomic E-state index is 12.2. The second-order valence-electron chi connectivity index (χ2n) is 8.31. The van der Waals surface area contributed by atoms with Crippen molar-refractivity contribution in [2.75, 3.05) is 37.2 Å². The van der Waals surface area contributed by atoms with Crippen LogP contribution in [0.25, 0.3) is 10.8 Å². The van der Waals surface area contributed by atoms with Crippen molar-refractivity contribution >= 4 is 32.4 Å². The SMILES string of the molecule is Cc1ccc(CN2CC[C@@H](Nc3cccc4cnccc34)C2)cc1NS(=O)(=O)N(C)C. The van der Waals surface area contributed by atoms with Gasteiger partial charge in [-0.25, -0.2) is 0 Å². The fourth-order valence-electron chi connectivity index (χ4n) is 3.93. The van der Waals surface area contributed by atoms with Crippen LogP contribution < -0.4 is 10.0 Å². The van der Waals surface area contributed by atoms with Crippen LogP contribution in [0.1, 0.15) is 17.5 Å². The monoisotopic (exact) mass is 439 g/mol. The first-order valence-electron chi connectivity index (χ1n) is 10.4. The summed E-state index contributed by atoms with van der Waals surface area (Å²) in [7, 11) is -0.485. The van der Waals surface area contributed by atoms with Crippen LogP contribution in [-0.4, -0.2) is 55.8 Å². The Balaban J connectivity index is 1.42. The van der Waals surface area contributed by atoms with Gasteiger partial charge in [0.2, 0.25) is 0 Å². The molecule has 2 N–H and O–H groups in total. The maximum absolute atomic E-state index is 12.2. The van der Waals surface area contributed by atoms with Crippen LogP contribution in [0.4, 0.5) is 11.4 Å². The number of nitrogens with one attached hydrogen (secondary N) is 2. The maximum Gasteiger partial charge on any atom is 0.301 e. The Kier molecular flexibility index (Phi) is 6.13. The lowest BCUT2D eigenvalue weighted by Gasteiger charge is -2.20. The summed E-state index contributed by atoms with van der Waals surface area (Å²) in [6.07, 6.45) is 4.78. The van der Waals surface area contributed by atoms with E-state index in [9.17, 15) is 8.42 Å². The van der Waals surface area contributed by atoms with Crippen molar-refractivity contribution in [2.24, 2.45) is 0 Å². The molecule has 1 aliphatic heterocycles. The lowest BCUT2D eigenvalue weighted by Crippen LogP contribution is -2.29. The van der Waals surface area contributed by atoms with Crippen molar-refractivity contribution < 1.29 is 8.42 Å². The molecule has 4 rings (SSSR count). The van der Waals surface area contributed by atoms with Gasteiger partial charge in [-0.15, -0.1) is 0 Å². The zero-order valence-electron chi connectivity index (χ0n) is 18.2. The highest BCUT2D eigenvalue weighted by molar-refractivity contribution is 7.90. The van der Waals surface area contributed by atoms with Gasteiger partial charge in [0.15, 0.2) is 0 Å². The van der Waals surface area contributed by atoms with E-state index >= 15 is 0 Å². The molecule has 8 heteroatoms. The molecular formula is C23H29N5O2S. The summed E-state index contributed by atoms with van der Waals surface area (Å²) in [5.41, 5.74) is 3.77. The molecule has 1 aromatic heterocycles. The van der Waals surface area contributed by atoms with E-state index in [-0.39, 0.29) is 0 Å². The number of benzene rings is 2. The molecular weight excluding hydrogens is 410 g/mol. The number of hydrogen-bond donors (Lipinski definition) is 2. The molecule has 1 fully saturated rings. The molecule has 1 aliphatic rings. The molecule has 0 unspecified atom stereocenters. The van der Waals surface area contributed by atoms with Crippen LogP contribution in [0.5, 0.6) is 0 Å². The summed E-state index contributed by atoms with van der Waals surface area (Å²) in [4.78, 5) is 6.61. The van der Waals surface area contributed by atoms with Crippen LogP contribution in [0.2, 0.25) is 0 Å². The minimum atomic E-state index is -3.52. The highest BCUT2D eigenvalue weighted by Gasteiger charge is 2.23. The molecule has 0 saturated carbocycles. The Morgan fingerprint density at radius 3 is 2.81 bits per heavy atom. The number of pyridine rings is 1. The first-order chi connectivity index (χ1) is 14.8. The molecule has 0 aliphatic carbocycles. The summed E-state index contributed by atoms with van der Waals surface area (Å²) >= 11 is 0. The van der Waals surface area contributed by atoms with Crippen LogP contribution >= 0.6 is 0 Å². The standard InChI is InChI=1S/C23H29N5O2S/c1-17-7-8-18(13-23(17)26-31(29,30)27(2)3)15-28-12-10-20(16-28)25-22-6-4-5-19-14-24-11-9-21(19)22/h4-9,11,13-14,20,25-26H,10,12,15-16H2,1-3H3/t20-/m1/s1. The normalized spacial score (nSPS) is 17.4. The molecule has 2 aromatic carbocycles. The Morgan fingerprint density at radius 1 is 1.16 bits per heavy atom. The molecule has 3 aromatic rings. The fraction of sp³-hybridized carbons (Fsp3) is 0.348. The molecule has 7 nitrogen and oxygen atoms in total. The highest BCUT2D eigenvalue weighted by atomic mass is 32.2. The summed E-state index contributed by atoms with van der Waals surface area (Å²) in [5, 5.41) is 6.02. The minimum absolute atomic E-state index is 0.371. The van der Waals surface area contributed by atoms with Gasteiger partial charge < -0.3 is 5.32 Å². The molecule has 0 radical (unpaired) electrons. The molecule has 0 amide bonds. The predicted octanol–water partition coefficient (Wildman–Crippen LogP) is 3.45. The van der Waals surface area contributed by atoms with E-state index in [0.29, 0.717) is 11.7 Å². The second kappa shape index (κ2) is 8.82. The lowest BCUT2D eigenvalue weighted by atomic mass is 10.1. The number of aromatic nitrogens is 1. The van der Waals surface area contributed by atoms with Crippen LogP contribution in [-0.2, 0) is 16.8 Å². The van der Waals surface area contributed by atoms with E-state index in [1.165, 1.54) is 23.8 Å². The minimum Gasteiger partial charge on any atom is -0.380 e. The zero-order chi connectivity index (χ0) is 22.0. The topological polar surface area (TPSA) is 77.6 Å². The summed E-state index contributed by atoms with van der Waals surface area (Å²) < 4.78 is 28.3. The third kappa shape index (κ3) is 4.98. The van der Waals surface area contributed by atoms with Crippen molar-refractivity contribution in [3.05, 3.63) is 66.0 Å². The quantitative estimate of drug-likeness (QED) is 0.590. The number of rotatable bonds is 7. The van der Waals surface area contributed by atoms with Gasteiger partial charge in [0.05, 0.1) is 5.69 Å². The molecule has 0 spiro atoms. The van der Waals surface area contributed by atoms with Crippen molar-refractivity contribution in [2.45, 2.75) is 25.9 Å². The lowest BCUT2D eigenvalue weighted by molar-refractivity contribution is 0.329. The number of anilines is 2. The van der Waals surface area contributed by atoms with Gasteiger partial charge in [0.1, 0.15) is 0 Å². The van der Waals surface area contributed by atoms with E-state index in [0.717, 1.165) is 48.3 Å². The van der Waals surface area contributed by atoms with Gasteiger partial charge in [-0.3, -0.25) is 14.6 Å². The van der Waals surface area contributed by atoms with Crippen molar-refractivity contribution in [3.8, 4) is 0 Å². The molecule has 1 atom stereocenters. The number of likely N-dealkylation sites (tertiary alicyclic amines) is 1. The predicted molar refractivity (Wildman–Crippen MR) is 126 cm³/mol. The van der Waals surface area contributed by atoms with Crippen LogP contribution in [0.15, 0.2) is 54.9 Å².